The van der Waals surface area contributed by atoms with Crippen LogP contribution < -0.4 is 5.32 Å². The summed E-state index contributed by atoms with van der Waals surface area (Å²) in [5.74, 6) is 0.818. The van der Waals surface area contributed by atoms with Crippen molar-refractivity contribution in [1.82, 2.24) is 9.88 Å². The molecule has 4 nitrogen and oxygen atoms in total. The fourth-order valence-electron chi connectivity index (χ4n) is 2.55. The molecule has 0 amide bonds. The summed E-state index contributed by atoms with van der Waals surface area (Å²) in [7, 11) is 4.28. The molecule has 4 heteroatoms. The number of pyridine rings is 1. The number of hydrogen-bond donors (Lipinski definition) is 1. The molecular formula is C14H20N4. The van der Waals surface area contributed by atoms with E-state index in [1.165, 1.54) is 19.3 Å². The van der Waals surface area contributed by atoms with Crippen molar-refractivity contribution < 1.29 is 0 Å². The van der Waals surface area contributed by atoms with Gasteiger partial charge in [0.1, 0.15) is 5.82 Å². The lowest BCUT2D eigenvalue weighted by Gasteiger charge is -2.34. The van der Waals surface area contributed by atoms with E-state index in [4.69, 9.17) is 5.26 Å². The maximum atomic E-state index is 8.87. The van der Waals surface area contributed by atoms with Crippen LogP contribution in [0.1, 0.15) is 31.2 Å². The predicted octanol–water partition coefficient (Wildman–Crippen LogP) is 2.24. The van der Waals surface area contributed by atoms with Crippen molar-refractivity contribution >= 4 is 5.82 Å². The van der Waals surface area contributed by atoms with Crippen LogP contribution >= 0.6 is 0 Å². The number of nitriles is 1. The molecule has 1 aliphatic carbocycles. The first-order chi connectivity index (χ1) is 8.69. The normalized spacial score (nSPS) is 23.7. The van der Waals surface area contributed by atoms with E-state index in [1.807, 2.05) is 6.07 Å². The van der Waals surface area contributed by atoms with Gasteiger partial charge in [-0.05, 0) is 51.9 Å². The number of nitrogens with zero attached hydrogens (tertiary/aromatic N) is 3. The molecule has 1 aliphatic rings. The predicted molar refractivity (Wildman–Crippen MR) is 72.3 cm³/mol. The summed E-state index contributed by atoms with van der Waals surface area (Å²) >= 11 is 0. The Hall–Kier alpha value is -1.60. The smallest absolute Gasteiger partial charge is 0.127 e. The molecule has 2 atom stereocenters. The Labute approximate surface area is 109 Å². The molecule has 2 rings (SSSR count). The number of anilines is 1. The molecule has 1 saturated carbocycles. The Kier molecular flexibility index (Phi) is 4.16. The molecule has 0 radical (unpaired) electrons. The average Bonchev–Trinajstić information content (AvgIpc) is 2.39. The standard InChI is InChI=1S/C14H20N4/c1-18(2)13-5-3-4-12(9-13)17-14-8-11(10-15)6-7-16-14/h6-8,12-13H,3-5,9H2,1-2H3,(H,16,17)/t12-,13-/m0/s1. The van der Waals surface area contributed by atoms with Gasteiger partial charge in [-0.3, -0.25) is 0 Å². The van der Waals surface area contributed by atoms with Gasteiger partial charge in [0.05, 0.1) is 11.6 Å². The summed E-state index contributed by atoms with van der Waals surface area (Å²) in [6.45, 7) is 0. The highest BCUT2D eigenvalue weighted by Gasteiger charge is 2.23. The fraction of sp³-hybridized carbons (Fsp3) is 0.571. The first kappa shape index (κ1) is 12.8. The van der Waals surface area contributed by atoms with Crippen LogP contribution in [0.4, 0.5) is 5.82 Å². The van der Waals surface area contributed by atoms with Gasteiger partial charge in [-0.15, -0.1) is 0 Å². The van der Waals surface area contributed by atoms with Crippen LogP contribution in [0.25, 0.3) is 0 Å². The van der Waals surface area contributed by atoms with E-state index >= 15 is 0 Å². The van der Waals surface area contributed by atoms with E-state index in [1.54, 1.807) is 12.3 Å². The van der Waals surface area contributed by atoms with Gasteiger partial charge in [-0.1, -0.05) is 0 Å². The van der Waals surface area contributed by atoms with Gasteiger partial charge in [0.15, 0.2) is 0 Å². The quantitative estimate of drug-likeness (QED) is 0.886. The molecule has 1 fully saturated rings. The molecule has 1 heterocycles. The lowest BCUT2D eigenvalue weighted by Crippen LogP contribution is -2.38. The highest BCUT2D eigenvalue weighted by Crippen LogP contribution is 2.24. The highest BCUT2D eigenvalue weighted by molar-refractivity contribution is 5.43. The van der Waals surface area contributed by atoms with Crippen LogP contribution in [0.3, 0.4) is 0 Å². The lowest BCUT2D eigenvalue weighted by molar-refractivity contribution is 0.219. The second kappa shape index (κ2) is 5.83. The first-order valence-corrected chi connectivity index (χ1v) is 6.48. The van der Waals surface area contributed by atoms with Crippen molar-refractivity contribution in [1.29, 1.82) is 5.26 Å². The molecule has 1 aromatic heterocycles. The summed E-state index contributed by atoms with van der Waals surface area (Å²) in [5.41, 5.74) is 0.660. The molecule has 0 saturated heterocycles. The largest absolute Gasteiger partial charge is 0.367 e. The van der Waals surface area contributed by atoms with E-state index in [2.05, 4.69) is 35.4 Å². The monoisotopic (exact) mass is 244 g/mol. The van der Waals surface area contributed by atoms with Crippen molar-refractivity contribution in [2.45, 2.75) is 37.8 Å². The Morgan fingerprint density at radius 1 is 1.44 bits per heavy atom. The fourth-order valence-corrected chi connectivity index (χ4v) is 2.55. The van der Waals surface area contributed by atoms with Gasteiger partial charge in [0.2, 0.25) is 0 Å². The third-order valence-corrected chi connectivity index (χ3v) is 3.62. The third-order valence-electron chi connectivity index (χ3n) is 3.62. The van der Waals surface area contributed by atoms with Crippen molar-refractivity contribution in [2.24, 2.45) is 0 Å². The third kappa shape index (κ3) is 3.21. The molecule has 1 aromatic rings. The highest BCUT2D eigenvalue weighted by atomic mass is 15.1. The van der Waals surface area contributed by atoms with E-state index in [0.717, 1.165) is 12.2 Å². The van der Waals surface area contributed by atoms with E-state index in [-0.39, 0.29) is 0 Å². The maximum Gasteiger partial charge on any atom is 0.127 e. The van der Waals surface area contributed by atoms with Crippen molar-refractivity contribution in [2.75, 3.05) is 19.4 Å². The van der Waals surface area contributed by atoms with Crippen molar-refractivity contribution in [3.05, 3.63) is 23.9 Å². The molecule has 18 heavy (non-hydrogen) atoms. The van der Waals surface area contributed by atoms with Crippen LogP contribution in [0.5, 0.6) is 0 Å². The van der Waals surface area contributed by atoms with Gasteiger partial charge >= 0.3 is 0 Å². The molecule has 0 unspecified atom stereocenters. The topological polar surface area (TPSA) is 52.0 Å². The summed E-state index contributed by atoms with van der Waals surface area (Å²) in [5, 5.41) is 12.3. The molecule has 96 valence electrons. The minimum atomic E-state index is 0.465. The number of aromatic nitrogens is 1. The zero-order valence-corrected chi connectivity index (χ0v) is 11.1. The Bertz CT molecular complexity index is 436. The summed E-state index contributed by atoms with van der Waals surface area (Å²) < 4.78 is 0. The number of nitrogens with one attached hydrogen (secondary N) is 1. The molecular weight excluding hydrogens is 224 g/mol. The summed E-state index contributed by atoms with van der Waals surface area (Å²) in [6, 6.07) is 6.81. The Morgan fingerprint density at radius 2 is 2.28 bits per heavy atom. The summed E-state index contributed by atoms with van der Waals surface area (Å²) in [6.07, 6.45) is 6.54. The second-order valence-electron chi connectivity index (χ2n) is 5.17. The van der Waals surface area contributed by atoms with Gasteiger partial charge < -0.3 is 10.2 Å². The molecule has 1 N–H and O–H groups in total. The summed E-state index contributed by atoms with van der Waals surface area (Å²) in [4.78, 5) is 6.57. The SMILES string of the molecule is CN(C)[C@H]1CCC[C@H](Nc2cc(C#N)ccn2)C1. The average molecular weight is 244 g/mol. The Morgan fingerprint density at radius 3 is 3.00 bits per heavy atom. The van der Waals surface area contributed by atoms with Gasteiger partial charge in [0.25, 0.3) is 0 Å². The maximum absolute atomic E-state index is 8.87. The zero-order chi connectivity index (χ0) is 13.0. The van der Waals surface area contributed by atoms with Crippen LogP contribution in [0.15, 0.2) is 18.3 Å². The molecule has 0 bridgehead atoms. The molecule has 0 spiro atoms. The minimum absolute atomic E-state index is 0.465. The van der Waals surface area contributed by atoms with Crippen LogP contribution in [-0.2, 0) is 0 Å². The van der Waals surface area contributed by atoms with Crippen LogP contribution in [0, 0.1) is 11.3 Å². The van der Waals surface area contributed by atoms with Gasteiger partial charge in [0, 0.05) is 18.3 Å². The van der Waals surface area contributed by atoms with Gasteiger partial charge in [-0.2, -0.15) is 5.26 Å². The van der Waals surface area contributed by atoms with E-state index < -0.39 is 0 Å². The minimum Gasteiger partial charge on any atom is -0.367 e. The lowest BCUT2D eigenvalue weighted by atomic mass is 9.90. The van der Waals surface area contributed by atoms with Crippen LogP contribution in [0.2, 0.25) is 0 Å². The number of rotatable bonds is 3. The van der Waals surface area contributed by atoms with Crippen LogP contribution in [-0.4, -0.2) is 36.1 Å². The van der Waals surface area contributed by atoms with Gasteiger partial charge in [-0.25, -0.2) is 4.98 Å². The molecule has 0 aromatic carbocycles. The second-order valence-corrected chi connectivity index (χ2v) is 5.17. The van der Waals surface area contributed by atoms with Crippen molar-refractivity contribution in [3.63, 3.8) is 0 Å². The first-order valence-electron chi connectivity index (χ1n) is 6.48. The van der Waals surface area contributed by atoms with Crippen molar-refractivity contribution in [3.8, 4) is 6.07 Å². The van der Waals surface area contributed by atoms with E-state index in [9.17, 15) is 0 Å². The Balaban J connectivity index is 1.98. The molecule has 0 aliphatic heterocycles. The number of hydrogen-bond acceptors (Lipinski definition) is 4. The van der Waals surface area contributed by atoms with E-state index in [0.29, 0.717) is 17.6 Å². The zero-order valence-electron chi connectivity index (χ0n) is 11.1.